The van der Waals surface area contributed by atoms with Gasteiger partial charge in [0.2, 0.25) is 0 Å². The number of benzene rings is 3. The molecule has 16 nitrogen and oxygen atoms in total. The van der Waals surface area contributed by atoms with Gasteiger partial charge in [-0.05, 0) is 42.4 Å². The number of aromatic nitrogens is 6. The molecular weight excluding hydrogens is 765 g/mol. The van der Waals surface area contributed by atoms with Crippen molar-refractivity contribution in [2.24, 2.45) is 0 Å². The smallest absolute Gasteiger partial charge is 0.407 e. The highest BCUT2D eigenvalue weighted by molar-refractivity contribution is 5.88. The molecule has 3 aromatic carbocycles. The highest BCUT2D eigenvalue weighted by Gasteiger charge is 2.38. The molecule has 5 heterocycles. The van der Waals surface area contributed by atoms with Crippen molar-refractivity contribution in [1.82, 2.24) is 50.3 Å². The Kier molecular flexibility index (Phi) is 11.6. The second-order valence-corrected chi connectivity index (χ2v) is 14.6. The number of nitrogens with one attached hydrogen (secondary N) is 4. The SMILES string of the molecule is COC(=O)N[C@H](C(=O)N1CCCC1c1ncc(-c2ccc(-c3ncc(-c4cnc([C@@H]5CCCN5C(=O)[C@H](NC(=O)OC)c5ccccc5)[nH]4)cn3)cc2)[nH]1)c1ccccc1. The number of imidazole rings is 2. The highest BCUT2D eigenvalue weighted by Crippen LogP contribution is 2.36. The van der Waals surface area contributed by atoms with Crippen LogP contribution in [0.3, 0.4) is 0 Å². The summed E-state index contributed by atoms with van der Waals surface area (Å²) in [5.74, 6) is 1.38. The molecule has 2 aliphatic heterocycles. The van der Waals surface area contributed by atoms with E-state index in [-0.39, 0.29) is 23.9 Å². The molecule has 6 aromatic rings. The van der Waals surface area contributed by atoms with Gasteiger partial charge in [0.1, 0.15) is 23.7 Å². The Morgan fingerprint density at radius 1 is 0.583 bits per heavy atom. The van der Waals surface area contributed by atoms with Crippen molar-refractivity contribution < 1.29 is 28.7 Å². The van der Waals surface area contributed by atoms with E-state index in [1.54, 1.807) is 58.9 Å². The standard InChI is InChI=1S/C44H44N10O6/c1-59-43(57)51-36(28-11-5-3-6-12-28)41(55)53-21-9-15-34(53)39-47-25-32(49-39)27-17-19-30(20-18-27)38-45-23-31(24-46-38)33-26-48-40(50-33)35-16-10-22-54(35)42(56)37(52-44(58)60-2)29-13-7-4-8-14-29/h3-8,11-14,17-20,23-26,34-37H,9-10,15-16,21-22H2,1-2H3,(H,47,49)(H,48,50)(H,51,57)(H,52,58)/t34?,35-,36-,37+/m0/s1. The minimum atomic E-state index is -0.904. The van der Waals surface area contributed by atoms with Gasteiger partial charge in [0.15, 0.2) is 5.82 Å². The highest BCUT2D eigenvalue weighted by atomic mass is 16.5. The number of nitrogens with zero attached hydrogens (tertiary/aromatic N) is 6. The summed E-state index contributed by atoms with van der Waals surface area (Å²) in [6, 6.07) is 23.6. The molecule has 4 atom stereocenters. The van der Waals surface area contributed by atoms with Gasteiger partial charge in [-0.3, -0.25) is 9.59 Å². The van der Waals surface area contributed by atoms with Crippen LogP contribution in [0, 0.1) is 0 Å². The Morgan fingerprint density at radius 2 is 1.02 bits per heavy atom. The van der Waals surface area contributed by atoms with E-state index in [1.807, 2.05) is 60.7 Å². The molecule has 4 N–H and O–H groups in total. The van der Waals surface area contributed by atoms with Crippen LogP contribution < -0.4 is 10.6 Å². The third-order valence-corrected chi connectivity index (χ3v) is 11.0. The molecule has 0 spiro atoms. The van der Waals surface area contributed by atoms with Crippen LogP contribution in [0.4, 0.5) is 9.59 Å². The maximum absolute atomic E-state index is 13.9. The van der Waals surface area contributed by atoms with Crippen LogP contribution in [-0.4, -0.2) is 91.0 Å². The number of likely N-dealkylation sites (tertiary alicyclic amines) is 2. The van der Waals surface area contributed by atoms with Crippen molar-refractivity contribution in [3.05, 3.63) is 132 Å². The molecule has 0 radical (unpaired) electrons. The summed E-state index contributed by atoms with van der Waals surface area (Å²) in [7, 11) is 2.54. The molecule has 2 aliphatic rings. The number of amides is 4. The molecule has 2 fully saturated rings. The van der Waals surface area contributed by atoms with Crippen LogP contribution in [-0.2, 0) is 19.1 Å². The zero-order chi connectivity index (χ0) is 41.6. The van der Waals surface area contributed by atoms with Crippen molar-refractivity contribution in [3.63, 3.8) is 0 Å². The molecule has 0 bridgehead atoms. The molecule has 4 amide bonds. The van der Waals surface area contributed by atoms with Crippen LogP contribution in [0.25, 0.3) is 33.9 Å². The quantitative estimate of drug-likeness (QED) is 0.113. The van der Waals surface area contributed by atoms with Crippen LogP contribution in [0.1, 0.15) is 72.6 Å². The molecule has 1 unspecified atom stereocenters. The van der Waals surface area contributed by atoms with Crippen molar-refractivity contribution >= 4 is 24.0 Å². The lowest BCUT2D eigenvalue weighted by Crippen LogP contribution is -2.42. The number of hydrogen-bond acceptors (Lipinski definition) is 10. The predicted octanol–water partition coefficient (Wildman–Crippen LogP) is 6.45. The Morgan fingerprint density at radius 3 is 1.47 bits per heavy atom. The zero-order valence-corrected chi connectivity index (χ0v) is 33.1. The first kappa shape index (κ1) is 39.5. The monoisotopic (exact) mass is 808 g/mol. The van der Waals surface area contributed by atoms with Gasteiger partial charge in [-0.2, -0.15) is 0 Å². The average molecular weight is 809 g/mol. The average Bonchev–Trinajstić information content (AvgIpc) is 4.15. The van der Waals surface area contributed by atoms with E-state index >= 15 is 0 Å². The Bertz CT molecular complexity index is 2270. The first-order valence-electron chi connectivity index (χ1n) is 19.7. The van der Waals surface area contributed by atoms with Crippen molar-refractivity contribution in [2.75, 3.05) is 27.3 Å². The summed E-state index contributed by atoms with van der Waals surface area (Å²) in [6.07, 6.45) is 8.61. The molecule has 3 aromatic heterocycles. The Hall–Kier alpha value is -7.36. The number of alkyl carbamates (subject to hydrolysis) is 2. The molecular formula is C44H44N10O6. The lowest BCUT2D eigenvalue weighted by atomic mass is 10.1. The Labute approximate surface area is 345 Å². The van der Waals surface area contributed by atoms with Gasteiger partial charge in [-0.1, -0.05) is 84.9 Å². The fourth-order valence-corrected chi connectivity index (χ4v) is 7.90. The summed E-state index contributed by atoms with van der Waals surface area (Å²) in [5.41, 5.74) is 5.30. The largest absolute Gasteiger partial charge is 0.453 e. The fraction of sp³-hybridized carbons (Fsp3) is 0.273. The van der Waals surface area contributed by atoms with Crippen molar-refractivity contribution in [3.8, 4) is 33.9 Å². The number of aromatic amines is 2. The number of rotatable bonds is 11. The van der Waals surface area contributed by atoms with E-state index in [9.17, 15) is 19.2 Å². The number of carbonyl (C=O) groups excluding carboxylic acids is 4. The van der Waals surface area contributed by atoms with Gasteiger partial charge < -0.3 is 39.9 Å². The van der Waals surface area contributed by atoms with E-state index < -0.39 is 24.3 Å². The Balaban J connectivity index is 0.928. The summed E-state index contributed by atoms with van der Waals surface area (Å²) in [4.78, 5) is 81.1. The van der Waals surface area contributed by atoms with Gasteiger partial charge in [0, 0.05) is 36.6 Å². The second-order valence-electron chi connectivity index (χ2n) is 14.6. The molecule has 8 rings (SSSR count). The fourth-order valence-electron chi connectivity index (χ4n) is 7.90. The van der Waals surface area contributed by atoms with Crippen molar-refractivity contribution in [2.45, 2.75) is 49.9 Å². The molecule has 306 valence electrons. The second kappa shape index (κ2) is 17.6. The minimum absolute atomic E-state index is 0.230. The van der Waals surface area contributed by atoms with Gasteiger partial charge in [-0.25, -0.2) is 29.5 Å². The van der Waals surface area contributed by atoms with Crippen LogP contribution in [0.2, 0.25) is 0 Å². The van der Waals surface area contributed by atoms with E-state index in [0.717, 1.165) is 41.6 Å². The summed E-state index contributed by atoms with van der Waals surface area (Å²) < 4.78 is 9.63. The van der Waals surface area contributed by atoms with E-state index in [2.05, 4.69) is 40.5 Å². The number of H-pyrrole nitrogens is 2. The topological polar surface area (TPSA) is 200 Å². The number of carbonyl (C=O) groups is 4. The van der Waals surface area contributed by atoms with Gasteiger partial charge >= 0.3 is 12.2 Å². The number of methoxy groups -OCH3 is 2. The van der Waals surface area contributed by atoms with Crippen LogP contribution in [0.5, 0.6) is 0 Å². The van der Waals surface area contributed by atoms with E-state index in [1.165, 1.54) is 14.2 Å². The van der Waals surface area contributed by atoms with Crippen molar-refractivity contribution in [1.29, 1.82) is 0 Å². The zero-order valence-electron chi connectivity index (χ0n) is 33.1. The molecule has 0 saturated carbocycles. The molecule has 60 heavy (non-hydrogen) atoms. The maximum Gasteiger partial charge on any atom is 0.407 e. The van der Waals surface area contributed by atoms with Gasteiger partial charge in [0.25, 0.3) is 11.8 Å². The molecule has 2 saturated heterocycles. The first-order valence-corrected chi connectivity index (χ1v) is 19.7. The van der Waals surface area contributed by atoms with Gasteiger partial charge in [0.05, 0.1) is 50.1 Å². The molecule has 16 heteroatoms. The lowest BCUT2D eigenvalue weighted by Gasteiger charge is -2.28. The lowest BCUT2D eigenvalue weighted by molar-refractivity contribution is -0.135. The predicted molar refractivity (Wildman–Crippen MR) is 219 cm³/mol. The summed E-state index contributed by atoms with van der Waals surface area (Å²) >= 11 is 0. The summed E-state index contributed by atoms with van der Waals surface area (Å²) in [5, 5.41) is 5.39. The number of ether oxygens (including phenoxy) is 2. The molecule has 0 aliphatic carbocycles. The maximum atomic E-state index is 13.9. The van der Waals surface area contributed by atoms with Crippen LogP contribution >= 0.6 is 0 Å². The first-order chi connectivity index (χ1) is 29.3. The number of hydrogen-bond donors (Lipinski definition) is 4. The summed E-state index contributed by atoms with van der Waals surface area (Å²) in [6.45, 7) is 1.06. The van der Waals surface area contributed by atoms with Gasteiger partial charge in [-0.15, -0.1) is 0 Å². The third kappa shape index (κ3) is 8.30. The van der Waals surface area contributed by atoms with E-state index in [4.69, 9.17) is 9.47 Å². The third-order valence-electron chi connectivity index (χ3n) is 11.0. The normalized spacial score (nSPS) is 17.2. The minimum Gasteiger partial charge on any atom is -0.453 e. The van der Waals surface area contributed by atoms with Crippen LogP contribution in [0.15, 0.2) is 110 Å². The van der Waals surface area contributed by atoms with E-state index in [0.29, 0.717) is 53.8 Å².